The van der Waals surface area contributed by atoms with Gasteiger partial charge in [0, 0.05) is 19.3 Å². The summed E-state index contributed by atoms with van der Waals surface area (Å²) in [7, 11) is 1.96. The normalized spacial score (nSPS) is 10.0. The van der Waals surface area contributed by atoms with Crippen molar-refractivity contribution in [1.82, 2.24) is 0 Å². The largest absolute Gasteiger partial charge is 0.370 e. The lowest BCUT2D eigenvalue weighted by Gasteiger charge is -2.20. The van der Waals surface area contributed by atoms with Gasteiger partial charge in [0.25, 0.3) is 0 Å². The van der Waals surface area contributed by atoms with Crippen LogP contribution >= 0.6 is 0 Å². The zero-order chi connectivity index (χ0) is 13.8. The number of hydrogen-bond donors (Lipinski definition) is 0. The zero-order valence-corrected chi connectivity index (χ0v) is 11.0. The van der Waals surface area contributed by atoms with Gasteiger partial charge in [-0.2, -0.15) is 5.26 Å². The van der Waals surface area contributed by atoms with Gasteiger partial charge in [-0.1, -0.05) is 6.07 Å². The van der Waals surface area contributed by atoms with Crippen molar-refractivity contribution in [3.05, 3.63) is 65.0 Å². The van der Waals surface area contributed by atoms with E-state index in [0.717, 1.165) is 23.4 Å². The van der Waals surface area contributed by atoms with Crippen LogP contribution in [0.5, 0.6) is 0 Å². The van der Waals surface area contributed by atoms with Gasteiger partial charge in [0.05, 0.1) is 11.6 Å². The molecule has 19 heavy (non-hydrogen) atoms. The Morgan fingerprint density at radius 3 is 2.42 bits per heavy atom. The van der Waals surface area contributed by atoms with E-state index < -0.39 is 0 Å². The van der Waals surface area contributed by atoms with E-state index in [1.807, 2.05) is 37.1 Å². The van der Waals surface area contributed by atoms with Crippen LogP contribution in [-0.2, 0) is 6.54 Å². The van der Waals surface area contributed by atoms with Crippen LogP contribution in [0.15, 0.2) is 42.5 Å². The van der Waals surface area contributed by atoms with Gasteiger partial charge in [-0.15, -0.1) is 0 Å². The van der Waals surface area contributed by atoms with Gasteiger partial charge in [0.2, 0.25) is 0 Å². The summed E-state index contributed by atoms with van der Waals surface area (Å²) >= 11 is 0. The summed E-state index contributed by atoms with van der Waals surface area (Å²) in [6, 6.07) is 14.2. The predicted molar refractivity (Wildman–Crippen MR) is 74.4 cm³/mol. The highest BCUT2D eigenvalue weighted by molar-refractivity contribution is 5.47. The molecule has 0 radical (unpaired) electrons. The molecule has 0 amide bonds. The van der Waals surface area contributed by atoms with Crippen molar-refractivity contribution in [2.75, 3.05) is 11.9 Å². The SMILES string of the molecule is Cc1cc(C#N)ccc1CN(C)c1ccc(F)cc1. The van der Waals surface area contributed by atoms with Crippen LogP contribution in [0.4, 0.5) is 10.1 Å². The van der Waals surface area contributed by atoms with Gasteiger partial charge >= 0.3 is 0 Å². The molecule has 3 heteroatoms. The van der Waals surface area contributed by atoms with Crippen LogP contribution < -0.4 is 4.90 Å². The molecule has 2 aromatic rings. The van der Waals surface area contributed by atoms with Gasteiger partial charge in [-0.25, -0.2) is 4.39 Å². The van der Waals surface area contributed by atoms with Gasteiger partial charge < -0.3 is 4.90 Å². The maximum atomic E-state index is 12.9. The fourth-order valence-electron chi connectivity index (χ4n) is 1.99. The van der Waals surface area contributed by atoms with Crippen molar-refractivity contribution >= 4 is 5.69 Å². The average Bonchev–Trinajstić information content (AvgIpc) is 2.41. The summed E-state index contributed by atoms with van der Waals surface area (Å²) in [5.74, 6) is -0.230. The van der Waals surface area contributed by atoms with Crippen LogP contribution in [0, 0.1) is 24.1 Å². The van der Waals surface area contributed by atoms with E-state index in [9.17, 15) is 4.39 Å². The zero-order valence-electron chi connectivity index (χ0n) is 11.0. The van der Waals surface area contributed by atoms with Gasteiger partial charge in [-0.05, 0) is 54.4 Å². The quantitative estimate of drug-likeness (QED) is 0.836. The van der Waals surface area contributed by atoms with Crippen molar-refractivity contribution < 1.29 is 4.39 Å². The van der Waals surface area contributed by atoms with Crippen molar-refractivity contribution in [2.24, 2.45) is 0 Å². The maximum Gasteiger partial charge on any atom is 0.123 e. The molecule has 0 aliphatic rings. The second kappa shape index (κ2) is 5.53. The van der Waals surface area contributed by atoms with E-state index in [1.54, 1.807) is 12.1 Å². The summed E-state index contributed by atoms with van der Waals surface area (Å²) in [6.45, 7) is 2.72. The predicted octanol–water partition coefficient (Wildman–Crippen LogP) is 3.64. The lowest BCUT2D eigenvalue weighted by atomic mass is 10.1. The van der Waals surface area contributed by atoms with E-state index in [4.69, 9.17) is 5.26 Å². The maximum absolute atomic E-state index is 12.9. The summed E-state index contributed by atoms with van der Waals surface area (Å²) in [4.78, 5) is 2.05. The smallest absolute Gasteiger partial charge is 0.123 e. The fourth-order valence-corrected chi connectivity index (χ4v) is 1.99. The third-order valence-electron chi connectivity index (χ3n) is 3.15. The Balaban J connectivity index is 2.17. The molecule has 0 aromatic heterocycles. The van der Waals surface area contributed by atoms with E-state index in [2.05, 4.69) is 6.07 Å². The molecule has 2 rings (SSSR count). The molecule has 0 atom stereocenters. The van der Waals surface area contributed by atoms with E-state index >= 15 is 0 Å². The minimum Gasteiger partial charge on any atom is -0.370 e. The first-order valence-electron chi connectivity index (χ1n) is 6.06. The highest BCUT2D eigenvalue weighted by atomic mass is 19.1. The van der Waals surface area contributed by atoms with Crippen LogP contribution in [0.3, 0.4) is 0 Å². The molecule has 0 fully saturated rings. The van der Waals surface area contributed by atoms with Crippen LogP contribution in [-0.4, -0.2) is 7.05 Å². The molecule has 2 nitrogen and oxygen atoms in total. The number of nitriles is 1. The Morgan fingerprint density at radius 1 is 1.16 bits per heavy atom. The molecule has 0 aliphatic carbocycles. The molecule has 0 heterocycles. The Kier molecular flexibility index (Phi) is 3.82. The van der Waals surface area contributed by atoms with E-state index in [1.165, 1.54) is 12.1 Å². The highest BCUT2D eigenvalue weighted by Gasteiger charge is 2.05. The van der Waals surface area contributed by atoms with Gasteiger partial charge in [0.1, 0.15) is 5.82 Å². The lowest BCUT2D eigenvalue weighted by molar-refractivity contribution is 0.627. The molecule has 0 N–H and O–H groups in total. The number of benzene rings is 2. The number of nitrogens with zero attached hydrogens (tertiary/aromatic N) is 2. The molecule has 0 saturated carbocycles. The molecule has 0 unspecified atom stereocenters. The first-order valence-corrected chi connectivity index (χ1v) is 6.06. The number of aryl methyl sites for hydroxylation is 1. The third-order valence-corrected chi connectivity index (χ3v) is 3.15. The van der Waals surface area contributed by atoms with Gasteiger partial charge in [-0.3, -0.25) is 0 Å². The second-order valence-corrected chi connectivity index (χ2v) is 4.59. The van der Waals surface area contributed by atoms with Crippen molar-refractivity contribution in [3.63, 3.8) is 0 Å². The minimum absolute atomic E-state index is 0.230. The first kappa shape index (κ1) is 13.1. The van der Waals surface area contributed by atoms with E-state index in [0.29, 0.717) is 5.56 Å². The highest BCUT2D eigenvalue weighted by Crippen LogP contribution is 2.18. The number of hydrogen-bond acceptors (Lipinski definition) is 2. The van der Waals surface area contributed by atoms with Gasteiger partial charge in [0.15, 0.2) is 0 Å². The molecule has 0 bridgehead atoms. The van der Waals surface area contributed by atoms with Crippen LogP contribution in [0.25, 0.3) is 0 Å². The molecule has 96 valence electrons. The second-order valence-electron chi connectivity index (χ2n) is 4.59. The monoisotopic (exact) mass is 254 g/mol. The number of halogens is 1. The summed E-state index contributed by atoms with van der Waals surface area (Å²) < 4.78 is 12.9. The molecule has 0 saturated heterocycles. The van der Waals surface area contributed by atoms with E-state index in [-0.39, 0.29) is 5.82 Å². The van der Waals surface area contributed by atoms with Crippen molar-refractivity contribution in [1.29, 1.82) is 5.26 Å². The van der Waals surface area contributed by atoms with Crippen LogP contribution in [0.1, 0.15) is 16.7 Å². The van der Waals surface area contributed by atoms with Crippen molar-refractivity contribution in [3.8, 4) is 6.07 Å². The topological polar surface area (TPSA) is 27.0 Å². The number of rotatable bonds is 3. The van der Waals surface area contributed by atoms with Crippen molar-refractivity contribution in [2.45, 2.75) is 13.5 Å². The molecular weight excluding hydrogens is 239 g/mol. The van der Waals surface area contributed by atoms with Crippen LogP contribution in [0.2, 0.25) is 0 Å². The minimum atomic E-state index is -0.230. The standard InChI is InChI=1S/C16H15FN2/c1-12-9-13(10-18)3-4-14(12)11-19(2)16-7-5-15(17)6-8-16/h3-9H,11H2,1-2H3. The summed E-state index contributed by atoms with van der Waals surface area (Å²) in [5, 5.41) is 8.84. The Morgan fingerprint density at radius 2 is 1.84 bits per heavy atom. The first-order chi connectivity index (χ1) is 9.10. The summed E-state index contributed by atoms with van der Waals surface area (Å²) in [5.41, 5.74) is 3.88. The number of anilines is 1. The fraction of sp³-hybridized carbons (Fsp3) is 0.188. The molecule has 0 aliphatic heterocycles. The third kappa shape index (κ3) is 3.11. The Hall–Kier alpha value is -2.34. The Bertz CT molecular complexity index is 612. The molecule has 0 spiro atoms. The molecule has 2 aromatic carbocycles. The average molecular weight is 254 g/mol. The molecular formula is C16H15FN2. The lowest BCUT2D eigenvalue weighted by Crippen LogP contribution is -2.17. The Labute approximate surface area is 112 Å². The summed E-state index contributed by atoms with van der Waals surface area (Å²) in [6.07, 6.45) is 0.